The van der Waals surface area contributed by atoms with Crippen molar-refractivity contribution in [3.05, 3.63) is 39.4 Å². The van der Waals surface area contributed by atoms with Crippen molar-refractivity contribution in [1.29, 1.82) is 0 Å². The van der Waals surface area contributed by atoms with Crippen molar-refractivity contribution in [3.8, 4) is 0 Å². The largest absolute Gasteiger partial charge is 0.450 e. The Morgan fingerprint density at radius 3 is 2.45 bits per heavy atom. The molecule has 0 unspecified atom stereocenters. The third-order valence-electron chi connectivity index (χ3n) is 2.16. The fraction of sp³-hybridized carbons (Fsp3) is 0.385. The van der Waals surface area contributed by atoms with Crippen molar-refractivity contribution in [2.24, 2.45) is 0 Å². The van der Waals surface area contributed by atoms with Gasteiger partial charge in [0.2, 0.25) is 0 Å². The van der Waals surface area contributed by atoms with Crippen LogP contribution in [0.4, 0.5) is 10.5 Å². The Morgan fingerprint density at radius 2 is 1.95 bits per heavy atom. The summed E-state index contributed by atoms with van der Waals surface area (Å²) in [6, 6.07) is 3.96. The van der Waals surface area contributed by atoms with E-state index in [1.165, 1.54) is 12.1 Å². The number of nitro groups is 1. The second kappa shape index (κ2) is 8.63. The summed E-state index contributed by atoms with van der Waals surface area (Å²) in [5.74, 6) is -0.739. The number of carbonyl (C=O) groups is 2. The summed E-state index contributed by atoms with van der Waals surface area (Å²) in [5.41, 5.74) is 0.291. The van der Waals surface area contributed by atoms with E-state index in [2.05, 4.69) is 4.74 Å². The summed E-state index contributed by atoms with van der Waals surface area (Å²) in [7, 11) is 0. The third kappa shape index (κ3) is 5.05. The Balaban J connectivity index is 0.00000172. The number of benzene rings is 1. The van der Waals surface area contributed by atoms with E-state index >= 15 is 0 Å². The van der Waals surface area contributed by atoms with E-state index in [0.717, 1.165) is 6.07 Å². The van der Waals surface area contributed by atoms with Gasteiger partial charge in [-0.2, -0.15) is 0 Å². The summed E-state index contributed by atoms with van der Waals surface area (Å²) in [4.78, 5) is 32.7. The lowest BCUT2D eigenvalue weighted by Crippen LogP contribution is -2.31. The molecule has 2 amide bonds. The Hall–Kier alpha value is -2.44. The highest BCUT2D eigenvalue weighted by Gasteiger charge is 2.16. The zero-order valence-corrected chi connectivity index (χ0v) is 11.9. The molecule has 0 aliphatic carbocycles. The number of imide groups is 1. The van der Waals surface area contributed by atoms with Crippen LogP contribution in [0.5, 0.6) is 0 Å². The lowest BCUT2D eigenvalue weighted by molar-refractivity contribution is -0.385. The average molecular weight is 282 g/mol. The van der Waals surface area contributed by atoms with E-state index in [9.17, 15) is 19.7 Å². The monoisotopic (exact) mass is 282 g/mol. The van der Waals surface area contributed by atoms with E-state index in [1.54, 1.807) is 13.8 Å². The Labute approximate surface area is 117 Å². The zero-order chi connectivity index (χ0) is 15.7. The normalized spacial score (nSPS) is 9.00. The molecule has 0 spiro atoms. The number of nitro benzene ring substituents is 1. The summed E-state index contributed by atoms with van der Waals surface area (Å²) in [6.07, 6.45) is -0.884. The summed E-state index contributed by atoms with van der Waals surface area (Å²) >= 11 is 0. The molecular weight excluding hydrogens is 264 g/mol. The number of hydrogen-bond donors (Lipinski definition) is 1. The van der Waals surface area contributed by atoms with E-state index in [0.29, 0.717) is 5.56 Å². The summed E-state index contributed by atoms with van der Waals surface area (Å²) in [6.45, 7) is 7.29. The second-order valence-corrected chi connectivity index (χ2v) is 3.43. The van der Waals surface area contributed by atoms with Gasteiger partial charge in [0.05, 0.1) is 11.5 Å². The van der Waals surface area contributed by atoms with Crippen molar-refractivity contribution < 1.29 is 19.2 Å². The first kappa shape index (κ1) is 17.6. The van der Waals surface area contributed by atoms with Crippen LogP contribution in [0.15, 0.2) is 18.2 Å². The maximum atomic E-state index is 11.6. The molecule has 0 atom stereocenters. The van der Waals surface area contributed by atoms with Gasteiger partial charge in [-0.3, -0.25) is 20.2 Å². The predicted octanol–water partition coefficient (Wildman–Crippen LogP) is 2.82. The second-order valence-electron chi connectivity index (χ2n) is 3.43. The van der Waals surface area contributed by atoms with Crippen molar-refractivity contribution >= 4 is 17.7 Å². The highest BCUT2D eigenvalue weighted by Crippen LogP contribution is 2.19. The average Bonchev–Trinajstić information content (AvgIpc) is 2.41. The molecule has 0 saturated heterocycles. The van der Waals surface area contributed by atoms with Crippen molar-refractivity contribution in [2.75, 3.05) is 6.61 Å². The van der Waals surface area contributed by atoms with Crippen LogP contribution >= 0.6 is 0 Å². The first-order valence-electron chi connectivity index (χ1n) is 6.18. The number of aryl methyl sites for hydroxylation is 1. The minimum Gasteiger partial charge on any atom is -0.450 e. The van der Waals surface area contributed by atoms with Gasteiger partial charge in [0.15, 0.2) is 0 Å². The standard InChI is InChI=1S/C11H12N2O5.C2H6/c1-3-18-11(15)12-10(14)8-5-4-7(2)9(6-8)13(16)17;1-2/h4-6H,3H2,1-2H3,(H,12,14,15);1-2H3. The number of alkyl carbamates (subject to hydrolysis) is 1. The molecule has 1 rings (SSSR count). The maximum absolute atomic E-state index is 11.6. The van der Waals surface area contributed by atoms with Gasteiger partial charge in [-0.05, 0) is 19.9 Å². The smallest absolute Gasteiger partial charge is 0.414 e. The summed E-state index contributed by atoms with van der Waals surface area (Å²) in [5, 5.41) is 12.7. The summed E-state index contributed by atoms with van der Waals surface area (Å²) < 4.78 is 4.53. The number of nitrogens with zero attached hydrogens (tertiary/aromatic N) is 1. The molecule has 1 aromatic rings. The van der Waals surface area contributed by atoms with Gasteiger partial charge in [-0.1, -0.05) is 19.9 Å². The third-order valence-corrected chi connectivity index (χ3v) is 2.16. The Morgan fingerprint density at radius 1 is 1.35 bits per heavy atom. The molecule has 20 heavy (non-hydrogen) atoms. The molecule has 0 radical (unpaired) electrons. The zero-order valence-electron chi connectivity index (χ0n) is 11.9. The van der Waals surface area contributed by atoms with Gasteiger partial charge >= 0.3 is 6.09 Å². The lowest BCUT2D eigenvalue weighted by atomic mass is 10.1. The van der Waals surface area contributed by atoms with Crippen molar-refractivity contribution in [1.82, 2.24) is 5.32 Å². The maximum Gasteiger partial charge on any atom is 0.414 e. The number of nitrogens with one attached hydrogen (secondary N) is 1. The first-order chi connectivity index (χ1) is 9.45. The van der Waals surface area contributed by atoms with Crippen LogP contribution in [-0.4, -0.2) is 23.5 Å². The van der Waals surface area contributed by atoms with Crippen LogP contribution in [0.25, 0.3) is 0 Å². The van der Waals surface area contributed by atoms with E-state index in [1.807, 2.05) is 19.2 Å². The van der Waals surface area contributed by atoms with E-state index < -0.39 is 16.9 Å². The lowest BCUT2D eigenvalue weighted by Gasteiger charge is -2.04. The fourth-order valence-electron chi connectivity index (χ4n) is 1.28. The first-order valence-corrected chi connectivity index (χ1v) is 6.18. The van der Waals surface area contributed by atoms with Crippen molar-refractivity contribution in [2.45, 2.75) is 27.7 Å². The van der Waals surface area contributed by atoms with Crippen LogP contribution in [-0.2, 0) is 4.74 Å². The fourth-order valence-corrected chi connectivity index (χ4v) is 1.28. The van der Waals surface area contributed by atoms with Gasteiger partial charge in [0.1, 0.15) is 0 Å². The van der Waals surface area contributed by atoms with Gasteiger partial charge < -0.3 is 4.74 Å². The predicted molar refractivity (Wildman–Crippen MR) is 73.7 cm³/mol. The highest BCUT2D eigenvalue weighted by molar-refractivity contribution is 6.03. The molecule has 7 heteroatoms. The van der Waals surface area contributed by atoms with Crippen LogP contribution in [0.2, 0.25) is 0 Å². The minimum atomic E-state index is -0.884. The quantitative estimate of drug-likeness (QED) is 0.678. The number of rotatable bonds is 3. The van der Waals surface area contributed by atoms with Crippen LogP contribution in [0.3, 0.4) is 0 Å². The SMILES string of the molecule is CC.CCOC(=O)NC(=O)c1ccc(C)c([N+](=O)[O-])c1. The van der Waals surface area contributed by atoms with Crippen LogP contribution in [0.1, 0.15) is 36.7 Å². The molecule has 7 nitrogen and oxygen atoms in total. The molecular formula is C13H18N2O5. The molecule has 0 aliphatic heterocycles. The molecule has 1 N–H and O–H groups in total. The van der Waals surface area contributed by atoms with Crippen LogP contribution in [0, 0.1) is 17.0 Å². The molecule has 0 aliphatic rings. The van der Waals surface area contributed by atoms with E-state index in [-0.39, 0.29) is 17.9 Å². The molecule has 1 aromatic carbocycles. The highest BCUT2D eigenvalue weighted by atomic mass is 16.6. The van der Waals surface area contributed by atoms with Gasteiger partial charge in [0.25, 0.3) is 11.6 Å². The van der Waals surface area contributed by atoms with Crippen LogP contribution < -0.4 is 5.32 Å². The topological polar surface area (TPSA) is 98.5 Å². The minimum absolute atomic E-state index is 0.0281. The van der Waals surface area contributed by atoms with E-state index in [4.69, 9.17) is 0 Å². The van der Waals surface area contributed by atoms with Crippen molar-refractivity contribution in [3.63, 3.8) is 0 Å². The molecule has 0 saturated carbocycles. The molecule has 0 heterocycles. The molecule has 0 bridgehead atoms. The number of hydrogen-bond acceptors (Lipinski definition) is 5. The van der Waals surface area contributed by atoms with Gasteiger partial charge in [-0.15, -0.1) is 0 Å². The Kier molecular flexibility index (Phi) is 7.57. The molecule has 110 valence electrons. The Bertz CT molecular complexity index is 500. The van der Waals surface area contributed by atoms with Gasteiger partial charge in [-0.25, -0.2) is 4.79 Å². The molecule has 0 aromatic heterocycles. The number of ether oxygens (including phenoxy) is 1. The number of carbonyl (C=O) groups excluding carboxylic acids is 2. The molecule has 0 fully saturated rings. The van der Waals surface area contributed by atoms with Gasteiger partial charge in [0, 0.05) is 17.2 Å². The number of amides is 2.